The van der Waals surface area contributed by atoms with Crippen LogP contribution in [0.3, 0.4) is 0 Å². The van der Waals surface area contributed by atoms with E-state index in [4.69, 9.17) is 14.1 Å². The zero-order chi connectivity index (χ0) is 19.1. The summed E-state index contributed by atoms with van der Waals surface area (Å²) in [5.74, 6) is 0.835. The third-order valence-electron chi connectivity index (χ3n) is 5.50. The van der Waals surface area contributed by atoms with Gasteiger partial charge in [-0.1, -0.05) is 48.5 Å². The molecule has 1 aliphatic heterocycles. The maximum atomic E-state index is 6.15. The van der Waals surface area contributed by atoms with Crippen LogP contribution in [0.15, 0.2) is 54.7 Å². The van der Waals surface area contributed by atoms with Crippen LogP contribution >= 0.6 is 0 Å². The van der Waals surface area contributed by atoms with Gasteiger partial charge in [0.1, 0.15) is 5.82 Å². The van der Waals surface area contributed by atoms with Gasteiger partial charge in [-0.05, 0) is 38.7 Å². The van der Waals surface area contributed by atoms with Crippen molar-refractivity contribution in [2.24, 2.45) is 0 Å². The van der Waals surface area contributed by atoms with Gasteiger partial charge in [-0.25, -0.2) is 5.48 Å². The van der Waals surface area contributed by atoms with Crippen molar-refractivity contribution in [2.75, 3.05) is 5.48 Å². The van der Waals surface area contributed by atoms with E-state index in [0.717, 1.165) is 27.6 Å². The van der Waals surface area contributed by atoms with Crippen molar-refractivity contribution in [1.29, 1.82) is 0 Å². The second-order valence-corrected chi connectivity index (χ2v) is 7.97. The van der Waals surface area contributed by atoms with E-state index in [1.165, 1.54) is 0 Å². The minimum atomic E-state index is -0.361. The van der Waals surface area contributed by atoms with Crippen LogP contribution in [0.2, 0.25) is 0 Å². The first-order valence-electron chi connectivity index (χ1n) is 9.24. The summed E-state index contributed by atoms with van der Waals surface area (Å²) in [6, 6.07) is 16.3. The van der Waals surface area contributed by atoms with Crippen molar-refractivity contribution >= 4 is 29.2 Å². The second kappa shape index (κ2) is 6.71. The highest BCUT2D eigenvalue weighted by atomic mass is 16.7. The van der Waals surface area contributed by atoms with Crippen LogP contribution < -0.4 is 10.9 Å². The van der Waals surface area contributed by atoms with E-state index in [-0.39, 0.29) is 18.3 Å². The summed E-state index contributed by atoms with van der Waals surface area (Å²) in [5.41, 5.74) is 4.45. The molecule has 4 rings (SSSR count). The SMILES string of the molecule is CC1(C)OB(c2ccc3c(NOCc4ccccc4)[nH]cc3c2)OC1(C)C. The first-order valence-corrected chi connectivity index (χ1v) is 9.24. The molecular formula is C21H25BN2O3. The molecule has 2 heterocycles. The quantitative estimate of drug-likeness (QED) is 0.531. The van der Waals surface area contributed by atoms with E-state index < -0.39 is 0 Å². The second-order valence-electron chi connectivity index (χ2n) is 7.97. The largest absolute Gasteiger partial charge is 0.494 e. The van der Waals surface area contributed by atoms with Gasteiger partial charge < -0.3 is 14.3 Å². The summed E-state index contributed by atoms with van der Waals surface area (Å²) in [6.45, 7) is 8.75. The predicted molar refractivity (Wildman–Crippen MR) is 109 cm³/mol. The van der Waals surface area contributed by atoms with Gasteiger partial charge in [0.15, 0.2) is 0 Å². The van der Waals surface area contributed by atoms with Crippen molar-refractivity contribution < 1.29 is 14.1 Å². The lowest BCUT2D eigenvalue weighted by Crippen LogP contribution is -2.41. The summed E-state index contributed by atoms with van der Waals surface area (Å²) in [4.78, 5) is 8.86. The minimum absolute atomic E-state index is 0.344. The molecule has 0 saturated carbocycles. The average molecular weight is 364 g/mol. The van der Waals surface area contributed by atoms with Crippen LogP contribution in [0, 0.1) is 0 Å². The Hall–Kier alpha value is -2.28. The normalized spacial score (nSPS) is 18.1. The van der Waals surface area contributed by atoms with Crippen molar-refractivity contribution in [3.8, 4) is 0 Å². The number of anilines is 1. The highest BCUT2D eigenvalue weighted by Crippen LogP contribution is 2.36. The Morgan fingerprint density at radius 1 is 1.00 bits per heavy atom. The molecule has 5 nitrogen and oxygen atoms in total. The molecule has 0 atom stereocenters. The minimum Gasteiger partial charge on any atom is -0.399 e. The van der Waals surface area contributed by atoms with E-state index in [9.17, 15) is 0 Å². The third-order valence-corrected chi connectivity index (χ3v) is 5.50. The Labute approximate surface area is 160 Å². The Bertz CT molecular complexity index is 921. The number of aromatic nitrogens is 1. The van der Waals surface area contributed by atoms with Crippen LogP contribution in [0.5, 0.6) is 0 Å². The van der Waals surface area contributed by atoms with E-state index in [2.05, 4.69) is 50.3 Å². The molecule has 0 radical (unpaired) electrons. The number of hydrogen-bond acceptors (Lipinski definition) is 4. The van der Waals surface area contributed by atoms with Crippen molar-refractivity contribution in [1.82, 2.24) is 4.98 Å². The van der Waals surface area contributed by atoms with Crippen molar-refractivity contribution in [3.63, 3.8) is 0 Å². The molecular weight excluding hydrogens is 339 g/mol. The first-order chi connectivity index (χ1) is 12.9. The number of rotatable bonds is 5. The van der Waals surface area contributed by atoms with Gasteiger partial charge >= 0.3 is 7.12 Å². The maximum Gasteiger partial charge on any atom is 0.494 e. The van der Waals surface area contributed by atoms with E-state index in [1.54, 1.807) is 0 Å². The number of hydrogen-bond donors (Lipinski definition) is 2. The molecule has 2 N–H and O–H groups in total. The predicted octanol–water partition coefficient (Wildman–Crippen LogP) is 4.01. The lowest BCUT2D eigenvalue weighted by molar-refractivity contribution is 0.00578. The molecule has 1 saturated heterocycles. The summed E-state index contributed by atoms with van der Waals surface area (Å²) in [5, 5.41) is 2.14. The van der Waals surface area contributed by atoms with Crippen LogP contribution in [0.25, 0.3) is 10.8 Å². The lowest BCUT2D eigenvalue weighted by atomic mass is 9.78. The molecule has 1 aromatic heterocycles. The number of H-pyrrole nitrogens is 1. The zero-order valence-electron chi connectivity index (χ0n) is 16.2. The molecule has 6 heteroatoms. The lowest BCUT2D eigenvalue weighted by Gasteiger charge is -2.32. The fourth-order valence-electron chi connectivity index (χ4n) is 3.13. The molecule has 0 aliphatic carbocycles. The van der Waals surface area contributed by atoms with Crippen LogP contribution in [0.4, 0.5) is 5.82 Å². The Balaban J connectivity index is 1.47. The average Bonchev–Trinajstić information content (AvgIpc) is 3.13. The summed E-state index contributed by atoms with van der Waals surface area (Å²) >= 11 is 0. The number of nitrogens with one attached hydrogen (secondary N) is 2. The molecule has 1 fully saturated rings. The molecule has 1 aliphatic rings. The Morgan fingerprint density at radius 2 is 1.70 bits per heavy atom. The van der Waals surface area contributed by atoms with Gasteiger partial charge in [0.25, 0.3) is 0 Å². The summed E-state index contributed by atoms with van der Waals surface area (Å²) < 4.78 is 12.3. The fraction of sp³-hybridized carbons (Fsp3) is 0.333. The van der Waals surface area contributed by atoms with Gasteiger partial charge in [-0.3, -0.25) is 4.84 Å². The maximum absolute atomic E-state index is 6.15. The standard InChI is InChI=1S/C21H25BN2O3/c1-20(2)21(3,4)27-22(26-20)17-10-11-18-16(12-17)13-23-19(18)24-25-14-15-8-6-5-7-9-15/h5-13,23-24H,14H2,1-4H3. The number of fused-ring (bicyclic) bond motifs is 1. The smallest absolute Gasteiger partial charge is 0.399 e. The summed E-state index contributed by atoms with van der Waals surface area (Å²) in [6.07, 6.45) is 1.96. The van der Waals surface area contributed by atoms with Gasteiger partial charge in [-0.2, -0.15) is 0 Å². The van der Waals surface area contributed by atoms with E-state index in [1.807, 2.05) is 42.6 Å². The topological polar surface area (TPSA) is 55.5 Å². The molecule has 3 aromatic rings. The van der Waals surface area contributed by atoms with Gasteiger partial charge in [0.2, 0.25) is 0 Å². The molecule has 0 spiro atoms. The van der Waals surface area contributed by atoms with Crippen LogP contribution in [0.1, 0.15) is 33.3 Å². The van der Waals surface area contributed by atoms with E-state index in [0.29, 0.717) is 6.61 Å². The van der Waals surface area contributed by atoms with Crippen LogP contribution in [-0.2, 0) is 20.8 Å². The van der Waals surface area contributed by atoms with Crippen LogP contribution in [-0.4, -0.2) is 23.3 Å². The van der Waals surface area contributed by atoms with Crippen molar-refractivity contribution in [2.45, 2.75) is 45.5 Å². The number of benzene rings is 2. The van der Waals surface area contributed by atoms with Crippen molar-refractivity contribution in [3.05, 3.63) is 60.3 Å². The Kier molecular flexibility index (Phi) is 4.50. The molecule has 0 bridgehead atoms. The fourth-order valence-corrected chi connectivity index (χ4v) is 3.13. The highest BCUT2D eigenvalue weighted by Gasteiger charge is 2.51. The first kappa shape index (κ1) is 18.1. The molecule has 0 amide bonds. The summed E-state index contributed by atoms with van der Waals surface area (Å²) in [7, 11) is -0.361. The third kappa shape index (κ3) is 3.48. The molecule has 2 aromatic carbocycles. The molecule has 0 unspecified atom stereocenters. The van der Waals surface area contributed by atoms with Gasteiger partial charge in [0.05, 0.1) is 17.8 Å². The molecule has 140 valence electrons. The monoisotopic (exact) mass is 364 g/mol. The van der Waals surface area contributed by atoms with Gasteiger partial charge in [0, 0.05) is 17.0 Å². The van der Waals surface area contributed by atoms with Gasteiger partial charge in [-0.15, -0.1) is 0 Å². The zero-order valence-corrected chi connectivity index (χ0v) is 16.2. The number of aromatic amines is 1. The highest BCUT2D eigenvalue weighted by molar-refractivity contribution is 6.62. The Morgan fingerprint density at radius 3 is 2.41 bits per heavy atom. The van der Waals surface area contributed by atoms with E-state index >= 15 is 0 Å². The molecule has 27 heavy (non-hydrogen) atoms.